The van der Waals surface area contributed by atoms with Gasteiger partial charge in [-0.05, 0) is 37.1 Å². The summed E-state index contributed by atoms with van der Waals surface area (Å²) in [5.41, 5.74) is 3.24. The van der Waals surface area contributed by atoms with Gasteiger partial charge >= 0.3 is 0 Å². The number of carbonyl (C=O) groups excluding carboxylic acids is 2. The van der Waals surface area contributed by atoms with Gasteiger partial charge in [-0.15, -0.1) is 0 Å². The number of allylic oxidation sites excluding steroid dienone is 2. The quantitative estimate of drug-likeness (QED) is 0.372. The van der Waals surface area contributed by atoms with Gasteiger partial charge in [0.15, 0.2) is 11.6 Å². The Hall–Kier alpha value is -2.92. The van der Waals surface area contributed by atoms with Crippen LogP contribution in [0.5, 0.6) is 0 Å². The highest BCUT2D eigenvalue weighted by atomic mass is 16.1. The fourth-order valence-electron chi connectivity index (χ4n) is 2.02. The summed E-state index contributed by atoms with van der Waals surface area (Å²) >= 11 is 0. The molecule has 108 valence electrons. The van der Waals surface area contributed by atoms with Gasteiger partial charge < -0.3 is 0 Å². The molecule has 0 saturated carbocycles. The molecule has 0 atom stereocenters. The van der Waals surface area contributed by atoms with Crippen molar-refractivity contribution < 1.29 is 9.59 Å². The molecule has 0 unspecified atom stereocenters. The number of carbonyl (C=O) groups is 2. The molecule has 2 nitrogen and oxygen atoms in total. The Balaban J connectivity index is 2.19. The molecule has 0 amide bonds. The molecule has 0 N–H and O–H groups in total. The summed E-state index contributed by atoms with van der Waals surface area (Å²) in [5, 5.41) is 0. The first kappa shape index (κ1) is 15.5. The first-order chi connectivity index (χ1) is 10.6. The van der Waals surface area contributed by atoms with E-state index < -0.39 is 0 Å². The van der Waals surface area contributed by atoms with Crippen molar-refractivity contribution in [3.63, 3.8) is 0 Å². The van der Waals surface area contributed by atoms with E-state index in [0.717, 1.165) is 16.7 Å². The number of Topliss-reactive ketones (excluding diaryl/α,β-unsaturated/α-hetero) is 2. The maximum absolute atomic E-state index is 11.3. The van der Waals surface area contributed by atoms with Crippen LogP contribution in [0.3, 0.4) is 0 Å². The second kappa shape index (κ2) is 7.19. The molecule has 0 heterocycles. The molecule has 0 aliphatic rings. The molecule has 22 heavy (non-hydrogen) atoms. The normalized spacial score (nSPS) is 9.36. The van der Waals surface area contributed by atoms with Crippen molar-refractivity contribution in [2.45, 2.75) is 13.8 Å². The van der Waals surface area contributed by atoms with E-state index in [9.17, 15) is 9.59 Å². The van der Waals surface area contributed by atoms with Crippen LogP contribution in [0.1, 0.15) is 19.4 Å². The zero-order valence-corrected chi connectivity index (χ0v) is 12.6. The van der Waals surface area contributed by atoms with Crippen LogP contribution in [-0.2, 0) is 9.59 Å². The lowest BCUT2D eigenvalue weighted by molar-refractivity contribution is -0.119. The number of hydrogen-bond donors (Lipinski definition) is 0. The van der Waals surface area contributed by atoms with Crippen molar-refractivity contribution >= 4 is 11.6 Å². The van der Waals surface area contributed by atoms with Crippen molar-refractivity contribution in [2.75, 3.05) is 0 Å². The average molecular weight is 288 g/mol. The van der Waals surface area contributed by atoms with Crippen LogP contribution in [0, 0.1) is 11.8 Å². The molecule has 2 rings (SSSR count). The van der Waals surface area contributed by atoms with Crippen LogP contribution in [0.15, 0.2) is 66.2 Å². The van der Waals surface area contributed by atoms with Gasteiger partial charge in [-0.25, -0.2) is 0 Å². The Morgan fingerprint density at radius 1 is 0.818 bits per heavy atom. The highest BCUT2D eigenvalue weighted by Gasteiger charge is 2.07. The summed E-state index contributed by atoms with van der Waals surface area (Å²) in [6.45, 7) is 2.73. The summed E-state index contributed by atoms with van der Waals surface area (Å²) in [6.07, 6.45) is 1.38. The molecule has 0 aliphatic carbocycles. The van der Waals surface area contributed by atoms with Crippen molar-refractivity contribution in [1.82, 2.24) is 0 Å². The Bertz CT molecular complexity index is 754. The topological polar surface area (TPSA) is 34.1 Å². The maximum Gasteiger partial charge on any atom is 0.164 e. The van der Waals surface area contributed by atoms with Gasteiger partial charge in [0.25, 0.3) is 0 Å². The molecule has 0 spiro atoms. The third-order valence-electron chi connectivity index (χ3n) is 3.18. The SMILES string of the molecule is CC(=O)C(=CC#Cc1ccc(-c2ccccc2)cc1)C(C)=O. The average Bonchev–Trinajstić information content (AvgIpc) is 2.52. The standard InChI is InChI=1S/C20H16O2/c1-15(21)20(16(2)22)10-6-7-17-11-13-19(14-12-17)18-8-4-3-5-9-18/h3-5,8-14H,1-2H3. The van der Waals surface area contributed by atoms with Gasteiger partial charge in [0.1, 0.15) is 0 Å². The number of hydrogen-bond acceptors (Lipinski definition) is 2. The van der Waals surface area contributed by atoms with E-state index in [1.165, 1.54) is 19.9 Å². The minimum atomic E-state index is -0.263. The molecular weight excluding hydrogens is 272 g/mol. The molecular formula is C20H16O2. The lowest BCUT2D eigenvalue weighted by Crippen LogP contribution is -2.05. The van der Waals surface area contributed by atoms with Crippen molar-refractivity contribution in [1.29, 1.82) is 0 Å². The minimum Gasteiger partial charge on any atom is -0.294 e. The van der Waals surface area contributed by atoms with Crippen LogP contribution < -0.4 is 0 Å². The fourth-order valence-corrected chi connectivity index (χ4v) is 2.02. The summed E-state index contributed by atoms with van der Waals surface area (Å²) in [5.74, 6) is 5.18. The zero-order chi connectivity index (χ0) is 15.9. The zero-order valence-electron chi connectivity index (χ0n) is 12.6. The Kier molecular flexibility index (Phi) is 5.06. The van der Waals surface area contributed by atoms with E-state index in [1.807, 2.05) is 42.5 Å². The molecule has 0 saturated heterocycles. The van der Waals surface area contributed by atoms with E-state index in [1.54, 1.807) is 0 Å². The minimum absolute atomic E-state index is 0.133. The van der Waals surface area contributed by atoms with Crippen molar-refractivity contribution in [3.8, 4) is 23.0 Å². The number of rotatable bonds is 3. The highest BCUT2D eigenvalue weighted by molar-refractivity contribution is 6.18. The number of benzene rings is 2. The molecule has 0 aromatic heterocycles. The van der Waals surface area contributed by atoms with Crippen molar-refractivity contribution in [3.05, 3.63) is 71.8 Å². The molecule has 2 heteroatoms. The first-order valence-corrected chi connectivity index (χ1v) is 6.97. The lowest BCUT2D eigenvalue weighted by atomic mass is 10.0. The molecule has 0 radical (unpaired) electrons. The fraction of sp³-hybridized carbons (Fsp3) is 0.100. The van der Waals surface area contributed by atoms with Crippen LogP contribution in [0.4, 0.5) is 0 Å². The number of ketones is 2. The summed E-state index contributed by atoms with van der Waals surface area (Å²) in [4.78, 5) is 22.5. The lowest BCUT2D eigenvalue weighted by Gasteiger charge is -2.00. The van der Waals surface area contributed by atoms with Gasteiger partial charge in [0.2, 0.25) is 0 Å². The Morgan fingerprint density at radius 2 is 1.36 bits per heavy atom. The predicted octanol–water partition coefficient (Wildman–Crippen LogP) is 3.81. The summed E-state index contributed by atoms with van der Waals surface area (Å²) in [6, 6.07) is 17.9. The van der Waals surface area contributed by atoms with Crippen LogP contribution in [-0.4, -0.2) is 11.6 Å². The van der Waals surface area contributed by atoms with E-state index in [0.29, 0.717) is 0 Å². The first-order valence-electron chi connectivity index (χ1n) is 6.97. The van der Waals surface area contributed by atoms with Gasteiger partial charge in [-0.3, -0.25) is 9.59 Å². The molecule has 2 aromatic rings. The van der Waals surface area contributed by atoms with E-state index in [-0.39, 0.29) is 17.1 Å². The smallest absolute Gasteiger partial charge is 0.164 e. The van der Waals surface area contributed by atoms with E-state index in [2.05, 4.69) is 24.0 Å². The van der Waals surface area contributed by atoms with Crippen LogP contribution >= 0.6 is 0 Å². The summed E-state index contributed by atoms with van der Waals surface area (Å²) < 4.78 is 0. The van der Waals surface area contributed by atoms with E-state index in [4.69, 9.17) is 0 Å². The highest BCUT2D eigenvalue weighted by Crippen LogP contribution is 2.18. The maximum atomic E-state index is 11.3. The van der Waals surface area contributed by atoms with Gasteiger partial charge in [-0.1, -0.05) is 54.3 Å². The van der Waals surface area contributed by atoms with Crippen LogP contribution in [0.25, 0.3) is 11.1 Å². The molecule has 0 aliphatic heterocycles. The van der Waals surface area contributed by atoms with Gasteiger partial charge in [-0.2, -0.15) is 0 Å². The van der Waals surface area contributed by atoms with Gasteiger partial charge in [0.05, 0.1) is 5.57 Å². The molecule has 0 fully saturated rings. The van der Waals surface area contributed by atoms with Crippen LogP contribution in [0.2, 0.25) is 0 Å². The second-order valence-electron chi connectivity index (χ2n) is 4.88. The Morgan fingerprint density at radius 3 is 1.91 bits per heavy atom. The molecule has 0 bridgehead atoms. The second-order valence-corrected chi connectivity index (χ2v) is 4.88. The summed E-state index contributed by atoms with van der Waals surface area (Å²) in [7, 11) is 0. The predicted molar refractivity (Wildman–Crippen MR) is 88.2 cm³/mol. The Labute approximate surface area is 130 Å². The van der Waals surface area contributed by atoms with Crippen molar-refractivity contribution in [2.24, 2.45) is 0 Å². The largest absolute Gasteiger partial charge is 0.294 e. The third-order valence-corrected chi connectivity index (χ3v) is 3.18. The third kappa shape index (κ3) is 4.04. The van der Waals surface area contributed by atoms with Gasteiger partial charge in [0, 0.05) is 11.6 Å². The molecule has 2 aromatic carbocycles. The monoisotopic (exact) mass is 288 g/mol. The van der Waals surface area contributed by atoms with E-state index >= 15 is 0 Å².